The number of hydrogen-bond donors (Lipinski definition) is 1. The summed E-state index contributed by atoms with van der Waals surface area (Å²) >= 11 is 0. The van der Waals surface area contributed by atoms with Crippen LogP contribution in [-0.4, -0.2) is 0 Å². The highest BCUT2D eigenvalue weighted by Gasteiger charge is 2.18. The highest BCUT2D eigenvalue weighted by atomic mass is 16.5. The molecule has 80 valence electrons. The van der Waals surface area contributed by atoms with Crippen molar-refractivity contribution in [2.75, 3.05) is 5.32 Å². The van der Waals surface area contributed by atoms with Gasteiger partial charge in [0, 0.05) is 0 Å². The van der Waals surface area contributed by atoms with Crippen LogP contribution >= 0.6 is 0 Å². The van der Waals surface area contributed by atoms with Crippen LogP contribution in [-0.2, 0) is 0 Å². The summed E-state index contributed by atoms with van der Waals surface area (Å²) in [5.41, 5.74) is 4.55. The van der Waals surface area contributed by atoms with E-state index in [1.54, 1.807) is 0 Å². The maximum absolute atomic E-state index is 5.88. The van der Waals surface area contributed by atoms with Gasteiger partial charge in [-0.3, -0.25) is 0 Å². The van der Waals surface area contributed by atoms with Gasteiger partial charge in [0.05, 0.1) is 11.4 Å². The molecule has 1 N–H and O–H groups in total. The largest absolute Gasteiger partial charge is 0.453 e. The number of fused-ring (bicyclic) bond motifs is 2. The molecule has 1 aliphatic heterocycles. The van der Waals surface area contributed by atoms with Crippen molar-refractivity contribution in [2.45, 2.75) is 13.8 Å². The number of rotatable bonds is 0. The molecule has 2 aromatic carbocycles. The number of anilines is 2. The summed E-state index contributed by atoms with van der Waals surface area (Å²) in [5, 5.41) is 3.45. The smallest absolute Gasteiger partial charge is 0.151 e. The lowest BCUT2D eigenvalue weighted by atomic mass is 10.1. The minimum atomic E-state index is 0.901. The molecule has 0 spiro atoms. The van der Waals surface area contributed by atoms with E-state index in [1.165, 1.54) is 11.1 Å². The third-order valence-electron chi connectivity index (χ3n) is 2.94. The summed E-state index contributed by atoms with van der Waals surface area (Å²) in [6.45, 7) is 4.16. The fraction of sp³-hybridized carbons (Fsp3) is 0.143. The van der Waals surface area contributed by atoms with Crippen LogP contribution in [0.3, 0.4) is 0 Å². The second-order valence-electron chi connectivity index (χ2n) is 4.12. The van der Waals surface area contributed by atoms with E-state index in [1.807, 2.05) is 24.3 Å². The number of hydrogen-bond acceptors (Lipinski definition) is 2. The summed E-state index contributed by atoms with van der Waals surface area (Å²) in [6.07, 6.45) is 0. The predicted molar refractivity (Wildman–Crippen MR) is 65.7 cm³/mol. The first kappa shape index (κ1) is 9.28. The Bertz CT molecular complexity index is 511. The molecule has 0 atom stereocenters. The second kappa shape index (κ2) is 3.27. The van der Waals surface area contributed by atoms with Crippen molar-refractivity contribution in [1.82, 2.24) is 0 Å². The number of para-hydroxylation sites is 2. The SMILES string of the molecule is Cc1cccc2c1Nc1c(C)cccc1O2. The minimum Gasteiger partial charge on any atom is -0.453 e. The quantitative estimate of drug-likeness (QED) is 0.603. The fourth-order valence-corrected chi connectivity index (χ4v) is 2.02. The van der Waals surface area contributed by atoms with Gasteiger partial charge in [0.1, 0.15) is 0 Å². The predicted octanol–water partition coefficient (Wildman–Crippen LogP) is 4.15. The second-order valence-corrected chi connectivity index (χ2v) is 4.12. The molecule has 0 unspecified atom stereocenters. The zero-order valence-electron chi connectivity index (χ0n) is 9.37. The number of ether oxygens (including phenoxy) is 1. The Labute approximate surface area is 94.9 Å². The van der Waals surface area contributed by atoms with Gasteiger partial charge < -0.3 is 10.1 Å². The van der Waals surface area contributed by atoms with Crippen molar-refractivity contribution in [3.8, 4) is 11.5 Å². The van der Waals surface area contributed by atoms with E-state index >= 15 is 0 Å². The summed E-state index contributed by atoms with van der Waals surface area (Å²) in [6, 6.07) is 12.2. The van der Waals surface area contributed by atoms with Crippen molar-refractivity contribution >= 4 is 11.4 Å². The Balaban J connectivity index is 2.17. The molecule has 16 heavy (non-hydrogen) atoms. The molecule has 2 aromatic rings. The van der Waals surface area contributed by atoms with Crippen LogP contribution in [0.1, 0.15) is 11.1 Å². The Morgan fingerprint density at radius 2 is 1.31 bits per heavy atom. The Kier molecular flexibility index (Phi) is 1.90. The van der Waals surface area contributed by atoms with Gasteiger partial charge in [-0.2, -0.15) is 0 Å². The molecule has 2 heteroatoms. The topological polar surface area (TPSA) is 21.3 Å². The van der Waals surface area contributed by atoms with Crippen LogP contribution in [0, 0.1) is 13.8 Å². The van der Waals surface area contributed by atoms with Crippen LogP contribution < -0.4 is 10.1 Å². The molecule has 0 aromatic heterocycles. The fourth-order valence-electron chi connectivity index (χ4n) is 2.02. The van der Waals surface area contributed by atoms with Gasteiger partial charge in [-0.15, -0.1) is 0 Å². The van der Waals surface area contributed by atoms with E-state index in [2.05, 4.69) is 31.3 Å². The van der Waals surface area contributed by atoms with Crippen molar-refractivity contribution in [2.24, 2.45) is 0 Å². The van der Waals surface area contributed by atoms with Crippen LogP contribution in [0.25, 0.3) is 0 Å². The lowest BCUT2D eigenvalue weighted by Gasteiger charge is -2.24. The van der Waals surface area contributed by atoms with Crippen LogP contribution in [0.5, 0.6) is 11.5 Å². The normalized spacial score (nSPS) is 12.1. The molecule has 1 aliphatic rings. The molecular weight excluding hydrogens is 198 g/mol. The third-order valence-corrected chi connectivity index (χ3v) is 2.94. The Morgan fingerprint density at radius 3 is 1.81 bits per heavy atom. The standard InChI is InChI=1S/C14H13NO/c1-9-5-3-7-11-13(9)15-14-10(2)6-4-8-12(14)16-11/h3-8,15H,1-2H3. The van der Waals surface area contributed by atoms with Gasteiger partial charge in [0.25, 0.3) is 0 Å². The molecule has 0 saturated heterocycles. The summed E-state index contributed by atoms with van der Waals surface area (Å²) in [4.78, 5) is 0. The summed E-state index contributed by atoms with van der Waals surface area (Å²) in [7, 11) is 0. The molecule has 0 fully saturated rings. The summed E-state index contributed by atoms with van der Waals surface area (Å²) < 4.78 is 5.88. The molecular formula is C14H13NO. The van der Waals surface area contributed by atoms with E-state index in [-0.39, 0.29) is 0 Å². The molecule has 0 saturated carbocycles. The first-order valence-electron chi connectivity index (χ1n) is 5.40. The average molecular weight is 211 g/mol. The molecule has 0 bridgehead atoms. The van der Waals surface area contributed by atoms with Crippen molar-refractivity contribution in [1.29, 1.82) is 0 Å². The van der Waals surface area contributed by atoms with Crippen molar-refractivity contribution in [3.05, 3.63) is 47.5 Å². The Hall–Kier alpha value is -1.96. The monoisotopic (exact) mass is 211 g/mol. The molecule has 0 aliphatic carbocycles. The third kappa shape index (κ3) is 1.27. The van der Waals surface area contributed by atoms with Gasteiger partial charge in [-0.05, 0) is 37.1 Å². The number of aryl methyl sites for hydroxylation is 2. The molecule has 3 rings (SSSR count). The molecule has 0 radical (unpaired) electrons. The van der Waals surface area contributed by atoms with E-state index in [0.717, 1.165) is 22.9 Å². The first-order valence-corrected chi connectivity index (χ1v) is 5.40. The zero-order chi connectivity index (χ0) is 11.1. The van der Waals surface area contributed by atoms with Crippen LogP contribution in [0.4, 0.5) is 11.4 Å². The van der Waals surface area contributed by atoms with Gasteiger partial charge in [-0.25, -0.2) is 0 Å². The van der Waals surface area contributed by atoms with E-state index in [4.69, 9.17) is 4.74 Å². The van der Waals surface area contributed by atoms with E-state index < -0.39 is 0 Å². The zero-order valence-corrected chi connectivity index (χ0v) is 9.37. The van der Waals surface area contributed by atoms with E-state index in [0.29, 0.717) is 0 Å². The maximum Gasteiger partial charge on any atom is 0.151 e. The highest BCUT2D eigenvalue weighted by molar-refractivity contribution is 5.79. The van der Waals surface area contributed by atoms with Crippen molar-refractivity contribution in [3.63, 3.8) is 0 Å². The maximum atomic E-state index is 5.88. The Morgan fingerprint density at radius 1 is 0.812 bits per heavy atom. The minimum absolute atomic E-state index is 0.901. The number of benzene rings is 2. The van der Waals surface area contributed by atoms with Crippen molar-refractivity contribution < 1.29 is 4.74 Å². The van der Waals surface area contributed by atoms with E-state index in [9.17, 15) is 0 Å². The van der Waals surface area contributed by atoms with Gasteiger partial charge in [0.2, 0.25) is 0 Å². The van der Waals surface area contributed by atoms with Crippen LogP contribution in [0.2, 0.25) is 0 Å². The molecule has 0 amide bonds. The highest BCUT2D eigenvalue weighted by Crippen LogP contribution is 2.44. The molecule has 1 heterocycles. The van der Waals surface area contributed by atoms with Crippen LogP contribution in [0.15, 0.2) is 36.4 Å². The number of nitrogens with one attached hydrogen (secondary N) is 1. The average Bonchev–Trinajstić information content (AvgIpc) is 2.28. The summed E-state index contributed by atoms with van der Waals surface area (Å²) in [5.74, 6) is 1.80. The van der Waals surface area contributed by atoms with Gasteiger partial charge in [0.15, 0.2) is 11.5 Å². The lowest BCUT2D eigenvalue weighted by Crippen LogP contribution is -2.05. The lowest BCUT2D eigenvalue weighted by molar-refractivity contribution is 0.480. The first-order chi connectivity index (χ1) is 7.75. The van der Waals surface area contributed by atoms with Gasteiger partial charge in [-0.1, -0.05) is 24.3 Å². The molecule has 2 nitrogen and oxygen atoms in total. The van der Waals surface area contributed by atoms with Gasteiger partial charge >= 0.3 is 0 Å².